The van der Waals surface area contributed by atoms with Gasteiger partial charge >= 0.3 is 6.01 Å². The van der Waals surface area contributed by atoms with E-state index in [1.165, 1.54) is 24.2 Å². The Labute approximate surface area is 246 Å². The minimum atomic E-state index is -0.0471. The van der Waals surface area contributed by atoms with Crippen LogP contribution in [0.5, 0.6) is 6.01 Å². The smallest absolute Gasteiger partial charge is 0.318 e. The topological polar surface area (TPSA) is 74.3 Å². The van der Waals surface area contributed by atoms with E-state index in [0.717, 1.165) is 84.9 Å². The molecule has 0 bridgehead atoms. The molecule has 1 amide bonds. The second-order valence-corrected chi connectivity index (χ2v) is 11.8. The number of aromatic nitrogens is 2. The van der Waals surface area contributed by atoms with Gasteiger partial charge in [-0.2, -0.15) is 9.97 Å². The molecular formula is C31H39ClN6O3. The summed E-state index contributed by atoms with van der Waals surface area (Å²) in [5, 5.41) is 4.30. The van der Waals surface area contributed by atoms with E-state index >= 15 is 0 Å². The number of piperidine rings is 1. The molecule has 9 nitrogen and oxygen atoms in total. The van der Waals surface area contributed by atoms with Crippen molar-refractivity contribution in [3.63, 3.8) is 0 Å². The summed E-state index contributed by atoms with van der Waals surface area (Å²) in [6.45, 7) is 4.68. The van der Waals surface area contributed by atoms with Gasteiger partial charge in [-0.25, -0.2) is 5.06 Å². The van der Waals surface area contributed by atoms with E-state index in [-0.39, 0.29) is 11.8 Å². The molecule has 218 valence electrons. The van der Waals surface area contributed by atoms with Crippen molar-refractivity contribution < 1.29 is 14.4 Å². The minimum absolute atomic E-state index is 0.0333. The van der Waals surface area contributed by atoms with Crippen molar-refractivity contribution in [3.05, 3.63) is 52.7 Å². The van der Waals surface area contributed by atoms with Gasteiger partial charge in [-0.05, 0) is 63.2 Å². The lowest BCUT2D eigenvalue weighted by molar-refractivity contribution is -0.174. The largest absolute Gasteiger partial charge is 0.462 e. The van der Waals surface area contributed by atoms with Gasteiger partial charge in [0.1, 0.15) is 12.4 Å². The van der Waals surface area contributed by atoms with Crippen molar-refractivity contribution in [1.29, 1.82) is 0 Å². The third-order valence-electron chi connectivity index (χ3n) is 9.00. The van der Waals surface area contributed by atoms with E-state index in [1.54, 1.807) is 7.05 Å². The zero-order valence-corrected chi connectivity index (χ0v) is 24.9. The van der Waals surface area contributed by atoms with Gasteiger partial charge in [0.15, 0.2) is 0 Å². The average molecular weight is 579 g/mol. The van der Waals surface area contributed by atoms with Crippen molar-refractivity contribution in [2.45, 2.75) is 44.7 Å². The molecule has 6 rings (SSSR count). The van der Waals surface area contributed by atoms with Gasteiger partial charge in [0.25, 0.3) is 0 Å². The number of ether oxygens (including phenoxy) is 1. The Balaban J connectivity index is 1.29. The van der Waals surface area contributed by atoms with Crippen molar-refractivity contribution in [2.75, 3.05) is 63.8 Å². The lowest BCUT2D eigenvalue weighted by Crippen LogP contribution is -2.42. The fraction of sp³-hybridized carbons (Fsp3) is 0.516. The molecule has 4 heterocycles. The van der Waals surface area contributed by atoms with Gasteiger partial charge in [0, 0.05) is 55.3 Å². The maximum Gasteiger partial charge on any atom is 0.318 e. The first kappa shape index (κ1) is 28.0. The highest BCUT2D eigenvalue weighted by Gasteiger charge is 2.32. The van der Waals surface area contributed by atoms with E-state index in [0.29, 0.717) is 25.2 Å². The van der Waals surface area contributed by atoms with Gasteiger partial charge in [0.05, 0.1) is 24.4 Å². The predicted molar refractivity (Wildman–Crippen MR) is 162 cm³/mol. The van der Waals surface area contributed by atoms with Gasteiger partial charge in [0.2, 0.25) is 5.91 Å². The highest BCUT2D eigenvalue weighted by molar-refractivity contribution is 6.36. The number of hydrogen-bond acceptors (Lipinski definition) is 8. The van der Waals surface area contributed by atoms with Crippen LogP contribution in [0.2, 0.25) is 5.02 Å². The molecule has 41 heavy (non-hydrogen) atoms. The maximum absolute atomic E-state index is 12.7. The average Bonchev–Trinajstić information content (AvgIpc) is 3.42. The Kier molecular flexibility index (Phi) is 8.19. The fourth-order valence-electron chi connectivity index (χ4n) is 6.51. The molecule has 1 atom stereocenters. The van der Waals surface area contributed by atoms with E-state index in [4.69, 9.17) is 31.1 Å². The van der Waals surface area contributed by atoms with Crippen LogP contribution >= 0.6 is 11.6 Å². The summed E-state index contributed by atoms with van der Waals surface area (Å²) < 4.78 is 6.29. The normalized spacial score (nSPS) is 20.0. The molecule has 0 saturated carbocycles. The molecule has 0 aliphatic carbocycles. The molecule has 3 aliphatic heterocycles. The van der Waals surface area contributed by atoms with Crippen molar-refractivity contribution in [2.24, 2.45) is 5.92 Å². The molecule has 2 saturated heterocycles. The third-order valence-corrected chi connectivity index (χ3v) is 9.31. The molecule has 1 aromatic heterocycles. The quantitative estimate of drug-likeness (QED) is 0.378. The number of carbonyl (C=O) groups excluding carboxylic acids is 1. The Morgan fingerprint density at radius 3 is 2.56 bits per heavy atom. The summed E-state index contributed by atoms with van der Waals surface area (Å²) in [6.07, 6.45) is 4.66. The lowest BCUT2D eigenvalue weighted by atomic mass is 9.95. The first-order valence-corrected chi connectivity index (χ1v) is 15.0. The van der Waals surface area contributed by atoms with Crippen LogP contribution in [0.25, 0.3) is 10.8 Å². The van der Waals surface area contributed by atoms with Crippen LogP contribution in [0.15, 0.2) is 36.4 Å². The van der Waals surface area contributed by atoms with E-state index in [1.807, 2.05) is 12.1 Å². The van der Waals surface area contributed by atoms with Gasteiger partial charge in [-0.1, -0.05) is 35.9 Å². The van der Waals surface area contributed by atoms with Crippen LogP contribution in [-0.4, -0.2) is 85.9 Å². The highest BCUT2D eigenvalue weighted by Crippen LogP contribution is 2.37. The van der Waals surface area contributed by atoms with Crippen molar-refractivity contribution in [1.82, 2.24) is 19.9 Å². The van der Waals surface area contributed by atoms with Crippen LogP contribution < -0.4 is 14.5 Å². The number of hydrogen-bond donors (Lipinski definition) is 0. The SMILES string of the molecule is CON(C)C(=O)C1CCN(c2nc(OCC3CCCN3C)nc3c2CCN(c2cccc4cccc(Cl)c24)C3)CC1. The number of halogens is 1. The molecule has 2 fully saturated rings. The Bertz CT molecular complexity index is 1410. The summed E-state index contributed by atoms with van der Waals surface area (Å²) >= 11 is 6.69. The predicted octanol–water partition coefficient (Wildman–Crippen LogP) is 4.56. The van der Waals surface area contributed by atoms with Crippen LogP contribution in [0.4, 0.5) is 11.5 Å². The van der Waals surface area contributed by atoms with Crippen LogP contribution in [0.1, 0.15) is 36.9 Å². The molecule has 2 aromatic carbocycles. The summed E-state index contributed by atoms with van der Waals surface area (Å²) in [4.78, 5) is 34.9. The molecule has 0 N–H and O–H groups in total. The second-order valence-electron chi connectivity index (χ2n) is 11.4. The number of benzene rings is 2. The monoisotopic (exact) mass is 578 g/mol. The number of anilines is 2. The first-order chi connectivity index (χ1) is 19.9. The van der Waals surface area contributed by atoms with Crippen LogP contribution in [-0.2, 0) is 22.6 Å². The number of carbonyl (C=O) groups is 1. The number of nitrogens with zero attached hydrogens (tertiary/aromatic N) is 6. The Hall–Kier alpha value is -3.14. The second kappa shape index (κ2) is 12.0. The number of likely N-dealkylation sites (tertiary alicyclic amines) is 1. The number of hydroxylamine groups is 2. The summed E-state index contributed by atoms with van der Waals surface area (Å²) in [6, 6.07) is 13.2. The molecular weight excluding hydrogens is 540 g/mol. The van der Waals surface area contributed by atoms with Gasteiger partial charge in [-0.15, -0.1) is 0 Å². The number of rotatable bonds is 7. The fourth-order valence-corrected chi connectivity index (χ4v) is 6.78. The summed E-state index contributed by atoms with van der Waals surface area (Å²) in [7, 11) is 5.36. The molecule has 3 aliphatic rings. The zero-order valence-electron chi connectivity index (χ0n) is 24.2. The molecule has 1 unspecified atom stereocenters. The highest BCUT2D eigenvalue weighted by atomic mass is 35.5. The van der Waals surface area contributed by atoms with Crippen molar-refractivity contribution >= 4 is 39.8 Å². The van der Waals surface area contributed by atoms with E-state index in [9.17, 15) is 4.79 Å². The first-order valence-electron chi connectivity index (χ1n) is 14.6. The maximum atomic E-state index is 12.7. The third kappa shape index (κ3) is 5.67. The summed E-state index contributed by atoms with van der Waals surface area (Å²) in [5.41, 5.74) is 3.30. The van der Waals surface area contributed by atoms with Crippen LogP contribution in [0, 0.1) is 5.92 Å². The van der Waals surface area contributed by atoms with E-state index < -0.39 is 0 Å². The summed E-state index contributed by atoms with van der Waals surface area (Å²) in [5.74, 6) is 0.937. The number of fused-ring (bicyclic) bond motifs is 2. The molecule has 10 heteroatoms. The van der Waals surface area contributed by atoms with Crippen molar-refractivity contribution in [3.8, 4) is 6.01 Å². The Morgan fingerprint density at radius 1 is 1.05 bits per heavy atom. The van der Waals surface area contributed by atoms with E-state index in [2.05, 4.69) is 46.0 Å². The lowest BCUT2D eigenvalue weighted by Gasteiger charge is -2.37. The van der Waals surface area contributed by atoms with Gasteiger partial charge in [-0.3, -0.25) is 9.63 Å². The Morgan fingerprint density at radius 2 is 1.83 bits per heavy atom. The zero-order chi connectivity index (χ0) is 28.5. The van der Waals surface area contributed by atoms with Crippen LogP contribution in [0.3, 0.4) is 0 Å². The molecule has 0 spiro atoms. The van der Waals surface area contributed by atoms with Gasteiger partial charge < -0.3 is 19.4 Å². The number of amides is 1. The minimum Gasteiger partial charge on any atom is -0.462 e. The molecule has 0 radical (unpaired) electrons. The molecule has 3 aromatic rings. The number of likely N-dealkylation sites (N-methyl/N-ethyl adjacent to an activating group) is 1. The standard InChI is InChI=1S/C31H39ClN6O3/c1-35-15-6-9-23(35)20-41-31-33-26-19-38(27-11-5-8-21-7-4-10-25(32)28(21)27)18-14-24(26)29(34-31)37-16-12-22(13-17-37)30(39)36(2)40-3/h4-5,7-8,10-11,22-23H,6,9,12-20H2,1-3H3.